The van der Waals surface area contributed by atoms with E-state index in [0.717, 1.165) is 5.56 Å². The van der Waals surface area contributed by atoms with Gasteiger partial charge in [0.25, 0.3) is 0 Å². The molecule has 0 bridgehead atoms. The monoisotopic (exact) mass is 420 g/mol. The third kappa shape index (κ3) is 6.67. The molecule has 1 aromatic carbocycles. The SMILES string of the molecule is O=C(NCc1cc(-c2ccccc2Cl)no1)[C]1[CH][CH][CH][CH]1.[CH]1[CH][CH][CH][CH]1.[Fe+3]. The van der Waals surface area contributed by atoms with Gasteiger partial charge in [0.1, 0.15) is 5.69 Å². The fourth-order valence-corrected chi connectivity index (χ4v) is 2.54. The summed E-state index contributed by atoms with van der Waals surface area (Å²) in [5.74, 6) is 1.06. The van der Waals surface area contributed by atoms with Gasteiger partial charge in [-0.25, -0.2) is 0 Å². The van der Waals surface area contributed by atoms with Gasteiger partial charge in [0.15, 0.2) is 5.76 Å². The van der Waals surface area contributed by atoms with Crippen molar-refractivity contribution in [3.63, 3.8) is 0 Å². The maximum absolute atomic E-state index is 11.8. The van der Waals surface area contributed by atoms with Gasteiger partial charge in [0.05, 0.1) is 17.5 Å². The molecule has 1 aromatic heterocycles. The number of aromatic nitrogens is 1. The Kier molecular flexibility index (Phi) is 9.40. The van der Waals surface area contributed by atoms with Crippen molar-refractivity contribution in [2.45, 2.75) is 6.54 Å². The van der Waals surface area contributed by atoms with Crippen LogP contribution in [0.1, 0.15) is 5.76 Å². The summed E-state index contributed by atoms with van der Waals surface area (Å²) in [6, 6.07) is 9.17. The van der Waals surface area contributed by atoms with Crippen LogP contribution in [0.4, 0.5) is 0 Å². The molecule has 4 rings (SSSR count). The van der Waals surface area contributed by atoms with Crippen LogP contribution in [0, 0.1) is 63.7 Å². The standard InChI is InChI=1S/C16H12ClN2O2.C5H5.Fe/c17-14-8-4-3-7-13(14)15-9-12(21-19-15)10-18-16(20)11-5-1-2-6-11;1-2-4-5-3-1;/h1-9H,10H2,(H,18,20);1-5H;/q;;+3. The molecule has 0 saturated heterocycles. The van der Waals surface area contributed by atoms with Crippen molar-refractivity contribution in [2.24, 2.45) is 0 Å². The van der Waals surface area contributed by atoms with Gasteiger partial charge in [-0.05, 0) is 63.9 Å². The van der Waals surface area contributed by atoms with E-state index in [-0.39, 0.29) is 29.5 Å². The van der Waals surface area contributed by atoms with Gasteiger partial charge in [0, 0.05) is 11.6 Å². The van der Waals surface area contributed by atoms with Gasteiger partial charge in [-0.1, -0.05) is 35.0 Å². The van der Waals surface area contributed by atoms with E-state index in [9.17, 15) is 4.79 Å². The first-order valence-electron chi connectivity index (χ1n) is 8.11. The molecule has 0 spiro atoms. The van der Waals surface area contributed by atoms with Crippen LogP contribution < -0.4 is 5.32 Å². The molecule has 2 aromatic rings. The molecular weight excluding hydrogens is 404 g/mol. The van der Waals surface area contributed by atoms with E-state index in [0.29, 0.717) is 22.4 Å². The average Bonchev–Trinajstić information content (AvgIpc) is 3.44. The summed E-state index contributed by atoms with van der Waals surface area (Å²) in [6.45, 7) is 0.279. The van der Waals surface area contributed by atoms with E-state index in [1.165, 1.54) is 0 Å². The van der Waals surface area contributed by atoms with Crippen molar-refractivity contribution >= 4 is 17.5 Å². The molecule has 11 radical (unpaired) electrons. The number of benzene rings is 1. The number of rotatable bonds is 4. The van der Waals surface area contributed by atoms with Gasteiger partial charge in [0.2, 0.25) is 5.91 Å². The van der Waals surface area contributed by atoms with Crippen LogP contribution >= 0.6 is 11.6 Å². The maximum atomic E-state index is 11.8. The molecule has 6 heteroatoms. The molecule has 2 aliphatic carbocycles. The van der Waals surface area contributed by atoms with Crippen molar-refractivity contribution in [3.8, 4) is 11.3 Å². The number of nitrogens with zero attached hydrogens (tertiary/aromatic N) is 1. The van der Waals surface area contributed by atoms with Crippen LogP contribution in [0.15, 0.2) is 34.9 Å². The van der Waals surface area contributed by atoms with Crippen molar-refractivity contribution in [3.05, 3.63) is 105 Å². The van der Waals surface area contributed by atoms with Gasteiger partial charge >= 0.3 is 17.1 Å². The minimum absolute atomic E-state index is 0. The Morgan fingerprint density at radius 2 is 1.63 bits per heavy atom. The van der Waals surface area contributed by atoms with Crippen molar-refractivity contribution in [1.82, 2.24) is 10.5 Å². The molecule has 0 unspecified atom stereocenters. The van der Waals surface area contributed by atoms with E-state index in [1.807, 2.05) is 63.1 Å². The molecule has 2 fully saturated rings. The maximum Gasteiger partial charge on any atom is 3.00 e. The molecule has 2 saturated carbocycles. The Bertz CT molecular complexity index is 702. The predicted octanol–water partition coefficient (Wildman–Crippen LogP) is 4.04. The summed E-state index contributed by atoms with van der Waals surface area (Å²) in [6.07, 6.45) is 17.1. The Morgan fingerprint density at radius 1 is 1.00 bits per heavy atom. The molecule has 1 heterocycles. The molecule has 0 atom stereocenters. The van der Waals surface area contributed by atoms with Crippen molar-refractivity contribution in [1.29, 1.82) is 0 Å². The minimum atomic E-state index is -0.143. The van der Waals surface area contributed by atoms with Crippen LogP contribution in [0.3, 0.4) is 0 Å². The molecule has 135 valence electrons. The number of hydrogen-bond donors (Lipinski definition) is 1. The van der Waals surface area contributed by atoms with Crippen LogP contribution in [0.2, 0.25) is 5.02 Å². The van der Waals surface area contributed by atoms with Crippen LogP contribution in [0.5, 0.6) is 0 Å². The second kappa shape index (κ2) is 11.5. The number of carbonyl (C=O) groups excluding carboxylic acids is 1. The fourth-order valence-electron chi connectivity index (χ4n) is 2.31. The first-order valence-corrected chi connectivity index (χ1v) is 8.49. The predicted molar refractivity (Wildman–Crippen MR) is 101 cm³/mol. The van der Waals surface area contributed by atoms with E-state index in [1.54, 1.807) is 25.0 Å². The van der Waals surface area contributed by atoms with E-state index in [4.69, 9.17) is 16.1 Å². The fraction of sp³-hybridized carbons (Fsp3) is 0.0476. The third-order valence-corrected chi connectivity index (χ3v) is 3.94. The number of hydrogen-bond acceptors (Lipinski definition) is 3. The smallest absolute Gasteiger partial charge is 0.359 e. The van der Waals surface area contributed by atoms with Gasteiger partial charge in [-0.2, -0.15) is 0 Å². The van der Waals surface area contributed by atoms with Crippen molar-refractivity contribution < 1.29 is 26.4 Å². The number of amides is 1. The molecule has 27 heavy (non-hydrogen) atoms. The van der Waals surface area contributed by atoms with Crippen LogP contribution in [-0.4, -0.2) is 11.1 Å². The molecule has 1 N–H and O–H groups in total. The zero-order valence-corrected chi connectivity index (χ0v) is 16.1. The van der Waals surface area contributed by atoms with Gasteiger partial charge in [-0.15, -0.1) is 0 Å². The quantitative estimate of drug-likeness (QED) is 0.760. The van der Waals surface area contributed by atoms with Crippen molar-refractivity contribution in [2.75, 3.05) is 0 Å². The zero-order valence-electron chi connectivity index (χ0n) is 14.3. The summed E-state index contributed by atoms with van der Waals surface area (Å²) in [5, 5.41) is 7.36. The molecule has 0 aliphatic heterocycles. The largest absolute Gasteiger partial charge is 3.00 e. The van der Waals surface area contributed by atoms with E-state index in [2.05, 4.69) is 10.5 Å². The Hall–Kier alpha value is -1.29. The molecular formula is C21H17ClFeN2O2+3. The zero-order chi connectivity index (χ0) is 18.2. The average molecular weight is 421 g/mol. The summed E-state index contributed by atoms with van der Waals surface area (Å²) < 4.78 is 5.22. The summed E-state index contributed by atoms with van der Waals surface area (Å²) in [4.78, 5) is 11.8. The Balaban J connectivity index is 0.000000379. The summed E-state index contributed by atoms with van der Waals surface area (Å²) in [7, 11) is 0. The molecule has 2 aliphatic rings. The topological polar surface area (TPSA) is 55.1 Å². The number of nitrogens with one attached hydrogen (secondary N) is 1. The molecule has 1 amide bonds. The van der Waals surface area contributed by atoms with Crippen LogP contribution in [0.25, 0.3) is 11.3 Å². The van der Waals surface area contributed by atoms with E-state index < -0.39 is 0 Å². The Labute approximate surface area is 176 Å². The first kappa shape index (κ1) is 22.0. The molecule has 4 nitrogen and oxygen atoms in total. The van der Waals surface area contributed by atoms with Gasteiger partial charge in [-0.3, -0.25) is 4.79 Å². The third-order valence-electron chi connectivity index (χ3n) is 3.61. The second-order valence-electron chi connectivity index (χ2n) is 5.48. The van der Waals surface area contributed by atoms with Crippen LogP contribution in [-0.2, 0) is 28.4 Å². The second-order valence-corrected chi connectivity index (χ2v) is 5.88. The van der Waals surface area contributed by atoms with Gasteiger partial charge < -0.3 is 9.84 Å². The normalized spacial score (nSPS) is 16.3. The Morgan fingerprint density at radius 3 is 2.26 bits per heavy atom. The number of halogens is 1. The minimum Gasteiger partial charge on any atom is -0.359 e. The number of carbonyl (C=O) groups is 1. The first-order chi connectivity index (χ1) is 12.7. The summed E-state index contributed by atoms with van der Waals surface area (Å²) in [5.41, 5.74) is 1.45. The van der Waals surface area contributed by atoms with E-state index >= 15 is 0 Å². The summed E-state index contributed by atoms with van der Waals surface area (Å²) >= 11 is 6.11.